The number of carbonyl (C=O) groups excluding carboxylic acids is 1. The van der Waals surface area contributed by atoms with Gasteiger partial charge in [0.1, 0.15) is 0 Å². The molecule has 0 unspecified atom stereocenters. The van der Waals surface area contributed by atoms with E-state index in [1.807, 2.05) is 0 Å². The normalized spacial score (nSPS) is 15.1. The van der Waals surface area contributed by atoms with E-state index in [0.717, 1.165) is 12.8 Å². The van der Waals surface area contributed by atoms with Crippen molar-refractivity contribution in [2.24, 2.45) is 5.92 Å². The van der Waals surface area contributed by atoms with Crippen LogP contribution in [0, 0.1) is 5.92 Å². The molecule has 3 rings (SSSR count). The minimum absolute atomic E-state index is 0.0383. The number of nitrogens with one attached hydrogen (secondary N) is 2. The summed E-state index contributed by atoms with van der Waals surface area (Å²) in [5, 5.41) is 15.0. The number of anilines is 3. The van der Waals surface area contributed by atoms with E-state index in [0.29, 0.717) is 40.6 Å². The first-order valence-electron chi connectivity index (χ1n) is 7.56. The first-order valence-corrected chi connectivity index (χ1v) is 8.32. The lowest BCUT2D eigenvalue weighted by Crippen LogP contribution is -2.28. The van der Waals surface area contributed by atoms with E-state index >= 15 is 0 Å². The van der Waals surface area contributed by atoms with Crippen LogP contribution in [-0.4, -0.2) is 29.3 Å². The molecule has 1 fully saturated rings. The largest absolute Gasteiger partial charge is 0.381 e. The molecule has 24 heavy (non-hydrogen) atoms. The van der Waals surface area contributed by atoms with Gasteiger partial charge in [-0.1, -0.05) is 23.2 Å². The smallest absolute Gasteiger partial charge is 0.228 e. The van der Waals surface area contributed by atoms with E-state index in [4.69, 9.17) is 27.9 Å². The molecule has 0 bridgehead atoms. The Labute approximate surface area is 149 Å². The highest BCUT2D eigenvalue weighted by atomic mass is 35.5. The number of ether oxygens (including phenoxy) is 1. The maximum absolute atomic E-state index is 12.1. The molecule has 0 saturated carbocycles. The lowest BCUT2D eigenvalue weighted by Gasteiger charge is -2.20. The van der Waals surface area contributed by atoms with Crippen LogP contribution in [0.4, 0.5) is 17.3 Å². The summed E-state index contributed by atoms with van der Waals surface area (Å²) in [6.45, 7) is 1.24. The van der Waals surface area contributed by atoms with Crippen LogP contribution in [0.25, 0.3) is 0 Å². The third-order valence-electron chi connectivity index (χ3n) is 3.70. The van der Waals surface area contributed by atoms with Gasteiger partial charge >= 0.3 is 0 Å². The average molecular weight is 367 g/mol. The second-order valence-corrected chi connectivity index (χ2v) is 6.27. The summed E-state index contributed by atoms with van der Waals surface area (Å²) in [5.41, 5.74) is 0.637. The van der Waals surface area contributed by atoms with Gasteiger partial charge in [-0.2, -0.15) is 0 Å². The number of nitrogens with zero attached hydrogens (tertiary/aromatic N) is 2. The monoisotopic (exact) mass is 366 g/mol. The fourth-order valence-electron chi connectivity index (χ4n) is 2.38. The van der Waals surface area contributed by atoms with Crippen molar-refractivity contribution in [1.29, 1.82) is 0 Å². The lowest BCUT2D eigenvalue weighted by molar-refractivity contribution is -0.122. The van der Waals surface area contributed by atoms with Crippen molar-refractivity contribution in [2.45, 2.75) is 12.8 Å². The maximum atomic E-state index is 12.1. The molecule has 1 aliphatic rings. The highest BCUT2D eigenvalue weighted by Crippen LogP contribution is 2.27. The van der Waals surface area contributed by atoms with E-state index < -0.39 is 0 Å². The van der Waals surface area contributed by atoms with E-state index in [2.05, 4.69) is 20.8 Å². The minimum Gasteiger partial charge on any atom is -0.381 e. The fourth-order valence-corrected chi connectivity index (χ4v) is 2.72. The predicted octanol–water partition coefficient (Wildman–Crippen LogP) is 3.89. The van der Waals surface area contributed by atoms with Gasteiger partial charge in [-0.05, 0) is 43.2 Å². The summed E-state index contributed by atoms with van der Waals surface area (Å²) < 4.78 is 5.25. The minimum atomic E-state index is -0.0498. The first kappa shape index (κ1) is 17.0. The summed E-state index contributed by atoms with van der Waals surface area (Å²) >= 11 is 12.0. The Bertz CT molecular complexity index is 719. The molecule has 2 N–H and O–H groups in total. The molecule has 2 heterocycles. The molecule has 1 saturated heterocycles. The molecular weight excluding hydrogens is 351 g/mol. The number of aromatic nitrogens is 2. The Kier molecular flexibility index (Phi) is 5.50. The molecule has 0 spiro atoms. The lowest BCUT2D eigenvalue weighted by atomic mass is 9.99. The van der Waals surface area contributed by atoms with Crippen molar-refractivity contribution in [3.63, 3.8) is 0 Å². The van der Waals surface area contributed by atoms with Crippen LogP contribution < -0.4 is 10.6 Å². The quantitative estimate of drug-likeness (QED) is 0.858. The number of amides is 1. The fraction of sp³-hybridized carbons (Fsp3) is 0.312. The highest BCUT2D eigenvalue weighted by Gasteiger charge is 2.21. The van der Waals surface area contributed by atoms with Gasteiger partial charge in [-0.25, -0.2) is 0 Å². The van der Waals surface area contributed by atoms with Gasteiger partial charge in [0.15, 0.2) is 11.6 Å². The highest BCUT2D eigenvalue weighted by molar-refractivity contribution is 6.35. The Balaban J connectivity index is 1.62. The van der Waals surface area contributed by atoms with Gasteiger partial charge in [0.05, 0.1) is 10.7 Å². The topological polar surface area (TPSA) is 76.1 Å². The van der Waals surface area contributed by atoms with Gasteiger partial charge < -0.3 is 15.4 Å². The van der Waals surface area contributed by atoms with Crippen LogP contribution in [0.5, 0.6) is 0 Å². The molecule has 1 aliphatic heterocycles. The van der Waals surface area contributed by atoms with Crippen molar-refractivity contribution >= 4 is 46.4 Å². The van der Waals surface area contributed by atoms with Crippen molar-refractivity contribution in [3.8, 4) is 0 Å². The van der Waals surface area contributed by atoms with Crippen molar-refractivity contribution in [3.05, 3.63) is 40.4 Å². The third-order valence-corrected chi connectivity index (χ3v) is 4.26. The summed E-state index contributed by atoms with van der Waals surface area (Å²) in [6, 6.07) is 8.50. The second kappa shape index (κ2) is 7.79. The molecular formula is C16H16Cl2N4O2. The van der Waals surface area contributed by atoms with Crippen LogP contribution in [0.1, 0.15) is 12.8 Å². The van der Waals surface area contributed by atoms with Gasteiger partial charge in [0.2, 0.25) is 5.91 Å². The molecule has 8 heteroatoms. The number of carbonyl (C=O) groups is 1. The van der Waals surface area contributed by atoms with Gasteiger partial charge in [0, 0.05) is 24.2 Å². The zero-order valence-corrected chi connectivity index (χ0v) is 14.3. The van der Waals surface area contributed by atoms with Crippen molar-refractivity contribution < 1.29 is 9.53 Å². The zero-order valence-electron chi connectivity index (χ0n) is 12.8. The number of hydrogen-bond donors (Lipinski definition) is 2. The molecule has 6 nitrogen and oxygen atoms in total. The molecule has 1 amide bonds. The predicted molar refractivity (Wildman–Crippen MR) is 93.9 cm³/mol. The molecule has 126 valence electrons. The maximum Gasteiger partial charge on any atom is 0.228 e. The van der Waals surface area contributed by atoms with Crippen LogP contribution >= 0.6 is 23.2 Å². The molecule has 0 atom stereocenters. The molecule has 2 aromatic rings. The van der Waals surface area contributed by atoms with Gasteiger partial charge in [0.25, 0.3) is 0 Å². The number of benzene rings is 1. The van der Waals surface area contributed by atoms with E-state index in [1.54, 1.807) is 30.3 Å². The van der Waals surface area contributed by atoms with Crippen molar-refractivity contribution in [2.75, 3.05) is 23.8 Å². The van der Waals surface area contributed by atoms with E-state index in [-0.39, 0.29) is 11.8 Å². The number of hydrogen-bond acceptors (Lipinski definition) is 5. The molecule has 0 aliphatic carbocycles. The summed E-state index contributed by atoms with van der Waals surface area (Å²) in [5.74, 6) is 0.826. The Morgan fingerprint density at radius 2 is 1.79 bits per heavy atom. The van der Waals surface area contributed by atoms with Crippen LogP contribution in [0.15, 0.2) is 30.3 Å². The summed E-state index contributed by atoms with van der Waals surface area (Å²) in [7, 11) is 0. The zero-order chi connectivity index (χ0) is 16.9. The van der Waals surface area contributed by atoms with Gasteiger partial charge in [-0.15, -0.1) is 10.2 Å². The Morgan fingerprint density at radius 1 is 1.08 bits per heavy atom. The van der Waals surface area contributed by atoms with E-state index in [9.17, 15) is 4.79 Å². The van der Waals surface area contributed by atoms with Crippen LogP contribution in [0.2, 0.25) is 10.0 Å². The first-order chi connectivity index (χ1) is 11.6. The van der Waals surface area contributed by atoms with Crippen LogP contribution in [0.3, 0.4) is 0 Å². The summed E-state index contributed by atoms with van der Waals surface area (Å²) in [6.07, 6.45) is 1.46. The van der Waals surface area contributed by atoms with E-state index in [1.165, 1.54) is 0 Å². The molecule has 0 radical (unpaired) electrons. The van der Waals surface area contributed by atoms with Crippen LogP contribution in [-0.2, 0) is 9.53 Å². The second-order valence-electron chi connectivity index (χ2n) is 5.43. The Hall–Kier alpha value is -1.89. The molecule has 1 aromatic heterocycles. The third kappa shape index (κ3) is 4.35. The number of halogens is 2. The standard InChI is InChI=1S/C16H16Cl2N4O2/c17-11-1-2-12(18)13(9-11)19-14-3-4-15(22-21-14)20-16(23)10-5-7-24-8-6-10/h1-4,9-10H,5-8H2,(H,19,21)(H,20,22,23). The van der Waals surface area contributed by atoms with Crippen molar-refractivity contribution in [1.82, 2.24) is 10.2 Å². The average Bonchev–Trinajstić information content (AvgIpc) is 2.60. The number of rotatable bonds is 4. The molecule has 1 aromatic carbocycles. The van der Waals surface area contributed by atoms with Gasteiger partial charge in [-0.3, -0.25) is 4.79 Å². The SMILES string of the molecule is O=C(Nc1ccc(Nc2cc(Cl)ccc2Cl)nn1)C1CCOCC1. The Morgan fingerprint density at radius 3 is 2.50 bits per heavy atom. The summed E-state index contributed by atoms with van der Waals surface area (Å²) in [4.78, 5) is 12.1.